The number of carbonyl (C=O) groups excluding carboxylic acids is 1. The van der Waals surface area contributed by atoms with Gasteiger partial charge in [0.15, 0.2) is 0 Å². The first kappa shape index (κ1) is 15.3. The Balaban J connectivity index is 2.74. The predicted molar refractivity (Wildman–Crippen MR) is 73.5 cm³/mol. The number of methoxy groups -OCH3 is 1. The van der Waals surface area contributed by atoms with Crippen LogP contribution in [-0.4, -0.2) is 40.8 Å². The van der Waals surface area contributed by atoms with E-state index >= 15 is 0 Å². The molecule has 0 saturated heterocycles. The number of benzene rings is 1. The summed E-state index contributed by atoms with van der Waals surface area (Å²) in [6.45, 7) is 0.485. The van der Waals surface area contributed by atoms with Crippen molar-refractivity contribution in [3.63, 3.8) is 0 Å². The van der Waals surface area contributed by atoms with Crippen LogP contribution in [0.15, 0.2) is 18.2 Å². The number of nitrogens with two attached hydrogens (primary N) is 1. The van der Waals surface area contributed by atoms with Crippen molar-refractivity contribution in [3.8, 4) is 0 Å². The van der Waals surface area contributed by atoms with E-state index < -0.39 is 16.0 Å². The number of nitrogens with one attached hydrogen (secondary N) is 2. The van der Waals surface area contributed by atoms with Gasteiger partial charge < -0.3 is 15.8 Å². The fourth-order valence-corrected chi connectivity index (χ4v) is 1.94. The standard InChI is InChI=1S/C11H17N3O4S/c1-18-11(15)8-4-3-5-9(12)10(8)13-6-7-14-19(2,16)17/h3-5,13-14H,6-7,12H2,1-2H3. The fourth-order valence-electron chi connectivity index (χ4n) is 1.47. The number of sulfonamides is 1. The molecule has 8 heteroatoms. The normalized spacial score (nSPS) is 11.1. The van der Waals surface area contributed by atoms with Crippen LogP contribution in [-0.2, 0) is 14.8 Å². The molecule has 0 aliphatic carbocycles. The van der Waals surface area contributed by atoms with Crippen molar-refractivity contribution in [2.45, 2.75) is 0 Å². The van der Waals surface area contributed by atoms with Crippen molar-refractivity contribution >= 4 is 27.4 Å². The first-order chi connectivity index (χ1) is 8.85. The molecular weight excluding hydrogens is 270 g/mol. The van der Waals surface area contributed by atoms with E-state index in [9.17, 15) is 13.2 Å². The lowest BCUT2D eigenvalue weighted by Gasteiger charge is -2.13. The van der Waals surface area contributed by atoms with Crippen LogP contribution in [0.3, 0.4) is 0 Å². The third kappa shape index (κ3) is 4.76. The minimum Gasteiger partial charge on any atom is -0.465 e. The molecule has 7 nitrogen and oxygen atoms in total. The van der Waals surface area contributed by atoms with E-state index in [4.69, 9.17) is 5.73 Å². The van der Waals surface area contributed by atoms with Gasteiger partial charge in [0, 0.05) is 13.1 Å². The van der Waals surface area contributed by atoms with Crippen LogP contribution in [0.2, 0.25) is 0 Å². The Hall–Kier alpha value is -1.80. The monoisotopic (exact) mass is 287 g/mol. The van der Waals surface area contributed by atoms with Crippen molar-refractivity contribution in [3.05, 3.63) is 23.8 Å². The number of nitrogen functional groups attached to an aromatic ring is 1. The van der Waals surface area contributed by atoms with Gasteiger partial charge in [-0.1, -0.05) is 6.07 Å². The molecule has 1 aromatic carbocycles. The number of rotatable bonds is 6. The third-order valence-electron chi connectivity index (χ3n) is 2.29. The number of esters is 1. The van der Waals surface area contributed by atoms with Gasteiger partial charge in [0.1, 0.15) is 0 Å². The van der Waals surface area contributed by atoms with Gasteiger partial charge in [-0.15, -0.1) is 0 Å². The molecule has 1 aromatic rings. The van der Waals surface area contributed by atoms with Crippen LogP contribution >= 0.6 is 0 Å². The first-order valence-corrected chi connectivity index (χ1v) is 7.39. The molecule has 0 heterocycles. The van der Waals surface area contributed by atoms with Crippen molar-refractivity contribution < 1.29 is 17.9 Å². The van der Waals surface area contributed by atoms with Crippen LogP contribution < -0.4 is 15.8 Å². The van der Waals surface area contributed by atoms with Gasteiger partial charge in [0.25, 0.3) is 0 Å². The molecule has 0 aromatic heterocycles. The molecule has 1 rings (SSSR count). The van der Waals surface area contributed by atoms with E-state index in [-0.39, 0.29) is 6.54 Å². The summed E-state index contributed by atoms with van der Waals surface area (Å²) < 4.78 is 28.8. The first-order valence-electron chi connectivity index (χ1n) is 5.50. The van der Waals surface area contributed by atoms with Crippen LogP contribution in [0.1, 0.15) is 10.4 Å². The summed E-state index contributed by atoms with van der Waals surface area (Å²) in [6.07, 6.45) is 1.07. The maximum atomic E-state index is 11.5. The second kappa shape index (κ2) is 6.39. The second-order valence-electron chi connectivity index (χ2n) is 3.85. The zero-order valence-electron chi connectivity index (χ0n) is 10.8. The summed E-state index contributed by atoms with van der Waals surface area (Å²) in [5, 5.41) is 2.92. The molecule has 0 radical (unpaired) electrons. The van der Waals surface area contributed by atoms with Crippen molar-refractivity contribution in [2.75, 3.05) is 37.5 Å². The molecule has 0 atom stereocenters. The van der Waals surface area contributed by atoms with Crippen molar-refractivity contribution in [1.29, 1.82) is 0 Å². The number of hydrogen-bond acceptors (Lipinski definition) is 6. The van der Waals surface area contributed by atoms with Gasteiger partial charge in [-0.3, -0.25) is 0 Å². The number of ether oxygens (including phenoxy) is 1. The molecule has 0 aliphatic rings. The summed E-state index contributed by atoms with van der Waals surface area (Å²) in [7, 11) is -1.95. The van der Waals surface area contributed by atoms with Gasteiger partial charge in [0.2, 0.25) is 10.0 Å². The Morgan fingerprint density at radius 1 is 1.37 bits per heavy atom. The van der Waals surface area contributed by atoms with Crippen LogP contribution in [0, 0.1) is 0 Å². The van der Waals surface area contributed by atoms with Crippen LogP contribution in [0.25, 0.3) is 0 Å². The quantitative estimate of drug-likeness (QED) is 0.386. The Kier molecular flexibility index (Phi) is 5.13. The summed E-state index contributed by atoms with van der Waals surface area (Å²) in [4.78, 5) is 11.5. The Labute approximate surface area is 112 Å². The highest BCUT2D eigenvalue weighted by Crippen LogP contribution is 2.23. The second-order valence-corrected chi connectivity index (χ2v) is 5.69. The van der Waals surface area contributed by atoms with Crippen molar-refractivity contribution in [1.82, 2.24) is 4.72 Å². The zero-order valence-corrected chi connectivity index (χ0v) is 11.6. The lowest BCUT2D eigenvalue weighted by molar-refractivity contribution is 0.0602. The predicted octanol–water partition coefficient (Wildman–Crippen LogP) is 0.0165. The maximum Gasteiger partial charge on any atom is 0.340 e. The van der Waals surface area contributed by atoms with Crippen LogP contribution in [0.5, 0.6) is 0 Å². The summed E-state index contributed by atoms with van der Waals surface area (Å²) in [6, 6.07) is 4.86. The van der Waals surface area contributed by atoms with Gasteiger partial charge in [0.05, 0.1) is 30.3 Å². The summed E-state index contributed by atoms with van der Waals surface area (Å²) in [5.74, 6) is -0.508. The molecule has 0 bridgehead atoms. The lowest BCUT2D eigenvalue weighted by Crippen LogP contribution is -2.28. The number of hydrogen-bond donors (Lipinski definition) is 3. The van der Waals surface area contributed by atoms with Gasteiger partial charge >= 0.3 is 5.97 Å². The number of carbonyl (C=O) groups is 1. The average molecular weight is 287 g/mol. The molecule has 4 N–H and O–H groups in total. The minimum absolute atomic E-state index is 0.188. The molecular formula is C11H17N3O4S. The van der Waals surface area contributed by atoms with Gasteiger partial charge in [-0.05, 0) is 12.1 Å². The Bertz CT molecular complexity index is 557. The minimum atomic E-state index is -3.23. The third-order valence-corrected chi connectivity index (χ3v) is 3.02. The maximum absolute atomic E-state index is 11.5. The van der Waals surface area contributed by atoms with E-state index in [1.165, 1.54) is 7.11 Å². The SMILES string of the molecule is COC(=O)c1cccc(N)c1NCCNS(C)(=O)=O. The Morgan fingerprint density at radius 2 is 2.05 bits per heavy atom. The van der Waals surface area contributed by atoms with E-state index in [0.29, 0.717) is 23.5 Å². The van der Waals surface area contributed by atoms with E-state index in [1.807, 2.05) is 0 Å². The van der Waals surface area contributed by atoms with E-state index in [0.717, 1.165) is 6.26 Å². The molecule has 0 unspecified atom stereocenters. The molecule has 106 valence electrons. The fraction of sp³-hybridized carbons (Fsp3) is 0.364. The van der Waals surface area contributed by atoms with E-state index in [1.54, 1.807) is 18.2 Å². The highest BCUT2D eigenvalue weighted by molar-refractivity contribution is 7.88. The van der Waals surface area contributed by atoms with Crippen LogP contribution in [0.4, 0.5) is 11.4 Å². The molecule has 0 fully saturated rings. The molecule has 0 saturated carbocycles. The topological polar surface area (TPSA) is 111 Å². The van der Waals surface area contributed by atoms with E-state index in [2.05, 4.69) is 14.8 Å². The summed E-state index contributed by atoms with van der Waals surface area (Å²) >= 11 is 0. The highest BCUT2D eigenvalue weighted by Gasteiger charge is 2.13. The summed E-state index contributed by atoms with van der Waals surface area (Å²) in [5.41, 5.74) is 6.91. The molecule has 0 spiro atoms. The van der Waals surface area contributed by atoms with Crippen molar-refractivity contribution in [2.24, 2.45) is 0 Å². The molecule has 19 heavy (non-hydrogen) atoms. The number of para-hydroxylation sites is 1. The molecule has 0 amide bonds. The lowest BCUT2D eigenvalue weighted by atomic mass is 10.1. The Morgan fingerprint density at radius 3 is 2.63 bits per heavy atom. The smallest absolute Gasteiger partial charge is 0.340 e. The zero-order chi connectivity index (χ0) is 14.5. The largest absolute Gasteiger partial charge is 0.465 e. The van der Waals surface area contributed by atoms with Gasteiger partial charge in [-0.2, -0.15) is 0 Å². The highest BCUT2D eigenvalue weighted by atomic mass is 32.2. The average Bonchev–Trinajstić information content (AvgIpc) is 2.33. The van der Waals surface area contributed by atoms with Gasteiger partial charge in [-0.25, -0.2) is 17.9 Å². The molecule has 0 aliphatic heterocycles. The number of anilines is 2.